The minimum atomic E-state index is -0.393. The Hall–Kier alpha value is -1.81. The van der Waals surface area contributed by atoms with Gasteiger partial charge in [0.05, 0.1) is 24.2 Å². The van der Waals surface area contributed by atoms with Crippen molar-refractivity contribution in [3.63, 3.8) is 0 Å². The molecule has 88 valence electrons. The molecule has 0 aliphatic heterocycles. The Labute approximate surface area is 103 Å². The molecule has 0 atom stereocenters. The van der Waals surface area contributed by atoms with Crippen molar-refractivity contribution in [2.45, 2.75) is 5.88 Å². The maximum Gasteiger partial charge on any atom is 0.337 e. The first-order valence-corrected chi connectivity index (χ1v) is 5.47. The van der Waals surface area contributed by atoms with Crippen LogP contribution in [-0.2, 0) is 10.6 Å². The molecule has 0 aliphatic carbocycles. The van der Waals surface area contributed by atoms with Gasteiger partial charge in [0.1, 0.15) is 6.26 Å². The highest BCUT2D eigenvalue weighted by Crippen LogP contribution is 2.20. The highest BCUT2D eigenvalue weighted by atomic mass is 35.5. The molecule has 0 saturated heterocycles. The van der Waals surface area contributed by atoms with Gasteiger partial charge in [0.25, 0.3) is 0 Å². The second-order valence-corrected chi connectivity index (χ2v) is 3.62. The quantitative estimate of drug-likeness (QED) is 0.622. The molecule has 1 aromatic carbocycles. The Balaban J connectivity index is 2.35. The standard InChI is InChI=1S/C12H10ClNO3/c1-16-12(15)9-4-2-3-8(5-9)11-14-10(6-13)7-17-11/h2-5,7H,6H2,1H3. The van der Waals surface area contributed by atoms with Crippen LogP contribution in [0.2, 0.25) is 0 Å². The van der Waals surface area contributed by atoms with Crippen molar-refractivity contribution in [2.75, 3.05) is 7.11 Å². The smallest absolute Gasteiger partial charge is 0.337 e. The third kappa shape index (κ3) is 2.47. The summed E-state index contributed by atoms with van der Waals surface area (Å²) in [6, 6.07) is 6.87. The van der Waals surface area contributed by atoms with Crippen molar-refractivity contribution in [1.82, 2.24) is 4.98 Å². The minimum Gasteiger partial charge on any atom is -0.465 e. The zero-order valence-corrected chi connectivity index (χ0v) is 9.90. The number of carbonyl (C=O) groups excluding carboxylic acids is 1. The Kier molecular flexibility index (Phi) is 3.44. The van der Waals surface area contributed by atoms with Crippen molar-refractivity contribution in [2.24, 2.45) is 0 Å². The average molecular weight is 252 g/mol. The van der Waals surface area contributed by atoms with Crippen molar-refractivity contribution >= 4 is 17.6 Å². The summed E-state index contributed by atoms with van der Waals surface area (Å²) in [6.45, 7) is 0. The molecule has 0 radical (unpaired) electrons. The number of halogens is 1. The van der Waals surface area contributed by atoms with E-state index < -0.39 is 5.97 Å². The van der Waals surface area contributed by atoms with E-state index in [4.69, 9.17) is 16.0 Å². The van der Waals surface area contributed by atoms with E-state index in [2.05, 4.69) is 9.72 Å². The molecule has 5 heteroatoms. The summed E-state index contributed by atoms with van der Waals surface area (Å²) < 4.78 is 9.90. The van der Waals surface area contributed by atoms with Gasteiger partial charge in [-0.05, 0) is 18.2 Å². The summed E-state index contributed by atoms with van der Waals surface area (Å²) >= 11 is 5.64. The molecule has 0 unspecified atom stereocenters. The van der Waals surface area contributed by atoms with Gasteiger partial charge in [0.2, 0.25) is 5.89 Å². The number of nitrogens with zero attached hydrogens (tertiary/aromatic N) is 1. The summed E-state index contributed by atoms with van der Waals surface area (Å²) in [5.41, 5.74) is 1.82. The lowest BCUT2D eigenvalue weighted by atomic mass is 10.1. The normalized spacial score (nSPS) is 10.2. The first kappa shape index (κ1) is 11.7. The third-order valence-corrected chi connectivity index (χ3v) is 2.49. The number of hydrogen-bond donors (Lipinski definition) is 0. The van der Waals surface area contributed by atoms with Crippen LogP contribution >= 0.6 is 11.6 Å². The Morgan fingerprint density at radius 2 is 2.35 bits per heavy atom. The predicted molar refractivity (Wildman–Crippen MR) is 62.8 cm³/mol. The van der Waals surface area contributed by atoms with Crippen molar-refractivity contribution in [3.8, 4) is 11.5 Å². The molecule has 4 nitrogen and oxygen atoms in total. The van der Waals surface area contributed by atoms with Gasteiger partial charge >= 0.3 is 5.97 Å². The molecule has 2 rings (SSSR count). The number of rotatable bonds is 3. The molecule has 17 heavy (non-hydrogen) atoms. The monoisotopic (exact) mass is 251 g/mol. The van der Waals surface area contributed by atoms with Crippen molar-refractivity contribution in [3.05, 3.63) is 41.8 Å². The van der Waals surface area contributed by atoms with Gasteiger partial charge < -0.3 is 9.15 Å². The molecular formula is C12H10ClNO3. The molecule has 0 bridgehead atoms. The van der Waals surface area contributed by atoms with Crippen molar-refractivity contribution in [1.29, 1.82) is 0 Å². The van der Waals surface area contributed by atoms with Crippen LogP contribution in [0.5, 0.6) is 0 Å². The minimum absolute atomic E-state index is 0.292. The maximum atomic E-state index is 11.4. The molecule has 2 aromatic rings. The Morgan fingerprint density at radius 1 is 1.53 bits per heavy atom. The van der Waals surface area contributed by atoms with Gasteiger partial charge in [-0.2, -0.15) is 0 Å². The van der Waals surface area contributed by atoms with Crippen LogP contribution in [0.1, 0.15) is 16.1 Å². The van der Waals surface area contributed by atoms with E-state index in [1.165, 1.54) is 13.4 Å². The molecular weight excluding hydrogens is 242 g/mol. The van der Waals surface area contributed by atoms with Crippen LogP contribution in [-0.4, -0.2) is 18.1 Å². The number of oxazole rings is 1. The van der Waals surface area contributed by atoms with E-state index in [0.29, 0.717) is 28.6 Å². The lowest BCUT2D eigenvalue weighted by molar-refractivity contribution is 0.0601. The topological polar surface area (TPSA) is 52.3 Å². The molecule has 0 spiro atoms. The average Bonchev–Trinajstić information content (AvgIpc) is 2.86. The summed E-state index contributed by atoms with van der Waals surface area (Å²) in [5, 5.41) is 0. The van der Waals surface area contributed by atoms with E-state index in [9.17, 15) is 4.79 Å². The molecule has 0 N–H and O–H groups in total. The number of ether oxygens (including phenoxy) is 1. The van der Waals surface area contributed by atoms with E-state index in [0.717, 1.165) is 0 Å². The number of aromatic nitrogens is 1. The van der Waals surface area contributed by atoms with Crippen LogP contribution in [0, 0.1) is 0 Å². The first-order chi connectivity index (χ1) is 8.24. The van der Waals surface area contributed by atoms with Gasteiger partial charge in [-0.15, -0.1) is 11.6 Å². The number of esters is 1. The molecule has 1 aromatic heterocycles. The van der Waals surface area contributed by atoms with Gasteiger partial charge in [0.15, 0.2) is 0 Å². The molecule has 0 aliphatic rings. The second-order valence-electron chi connectivity index (χ2n) is 3.35. The number of benzene rings is 1. The second kappa shape index (κ2) is 5.01. The summed E-state index contributed by atoms with van der Waals surface area (Å²) in [5.74, 6) is 0.336. The van der Waals surface area contributed by atoms with Crippen LogP contribution in [0.25, 0.3) is 11.5 Å². The lowest BCUT2D eigenvalue weighted by Gasteiger charge is -2.00. The zero-order chi connectivity index (χ0) is 12.3. The van der Waals surface area contributed by atoms with E-state index >= 15 is 0 Å². The SMILES string of the molecule is COC(=O)c1cccc(-c2nc(CCl)co2)c1. The van der Waals surface area contributed by atoms with Crippen LogP contribution in [0.4, 0.5) is 0 Å². The predicted octanol–water partition coefficient (Wildman–Crippen LogP) is 2.87. The molecule has 0 amide bonds. The number of alkyl halides is 1. The van der Waals surface area contributed by atoms with Crippen LogP contribution in [0.15, 0.2) is 34.9 Å². The summed E-state index contributed by atoms with van der Waals surface area (Å²) in [6.07, 6.45) is 1.49. The molecule has 0 saturated carbocycles. The fourth-order valence-electron chi connectivity index (χ4n) is 1.40. The zero-order valence-electron chi connectivity index (χ0n) is 9.14. The molecule has 0 fully saturated rings. The van der Waals surface area contributed by atoms with Gasteiger partial charge in [0, 0.05) is 5.56 Å². The third-order valence-electron chi connectivity index (χ3n) is 2.22. The van der Waals surface area contributed by atoms with E-state index in [-0.39, 0.29) is 0 Å². The first-order valence-electron chi connectivity index (χ1n) is 4.93. The Morgan fingerprint density at radius 3 is 3.00 bits per heavy atom. The Bertz CT molecular complexity index is 536. The lowest BCUT2D eigenvalue weighted by Crippen LogP contribution is -2.00. The van der Waals surface area contributed by atoms with Gasteiger partial charge in [-0.3, -0.25) is 0 Å². The number of hydrogen-bond acceptors (Lipinski definition) is 4. The van der Waals surface area contributed by atoms with Crippen molar-refractivity contribution < 1.29 is 13.9 Å². The van der Waals surface area contributed by atoms with E-state index in [1.807, 2.05) is 0 Å². The van der Waals surface area contributed by atoms with Crippen LogP contribution < -0.4 is 0 Å². The fraction of sp³-hybridized carbons (Fsp3) is 0.167. The maximum absolute atomic E-state index is 11.4. The van der Waals surface area contributed by atoms with Gasteiger partial charge in [-0.25, -0.2) is 9.78 Å². The largest absolute Gasteiger partial charge is 0.465 e. The highest BCUT2D eigenvalue weighted by Gasteiger charge is 2.10. The van der Waals surface area contributed by atoms with Gasteiger partial charge in [-0.1, -0.05) is 6.07 Å². The summed E-state index contributed by atoms with van der Waals surface area (Å²) in [4.78, 5) is 15.5. The highest BCUT2D eigenvalue weighted by molar-refractivity contribution is 6.16. The molecule has 1 heterocycles. The summed E-state index contributed by atoms with van der Waals surface area (Å²) in [7, 11) is 1.34. The number of methoxy groups -OCH3 is 1. The van der Waals surface area contributed by atoms with E-state index in [1.54, 1.807) is 24.3 Å². The number of carbonyl (C=O) groups is 1. The van der Waals surface area contributed by atoms with Crippen LogP contribution in [0.3, 0.4) is 0 Å². The fourth-order valence-corrected chi connectivity index (χ4v) is 1.52.